The van der Waals surface area contributed by atoms with Crippen LogP contribution in [0.5, 0.6) is 11.5 Å². The number of fused-ring (bicyclic) bond motifs is 1. The number of rotatable bonds is 7. The first-order valence-corrected chi connectivity index (χ1v) is 12.0. The molecule has 5 nitrogen and oxygen atoms in total. The fourth-order valence-corrected chi connectivity index (χ4v) is 4.70. The number of piperidine rings is 1. The maximum atomic E-state index is 13.6. The molecule has 1 saturated heterocycles. The minimum absolute atomic E-state index is 0.0617. The standard InChI is InChI=1S/C27H36N2O3/c1-21(2)17-29(19-23-11-12-25-26(16-23)32-15-7-14-31-25)27(30)24-10-6-13-28(20-24)18-22-8-4-3-5-9-22/h3-5,8-9,11-12,16,21,24H,6-7,10,13-15,17-20H2,1-2H3. The lowest BCUT2D eigenvalue weighted by atomic mass is 9.95. The van der Waals surface area contributed by atoms with Crippen LogP contribution in [0.25, 0.3) is 0 Å². The van der Waals surface area contributed by atoms with Crippen LogP contribution in [0.1, 0.15) is 44.2 Å². The number of carbonyl (C=O) groups excluding carboxylic acids is 1. The summed E-state index contributed by atoms with van der Waals surface area (Å²) in [5, 5.41) is 0. The number of carbonyl (C=O) groups is 1. The average Bonchev–Trinajstić information content (AvgIpc) is 3.04. The van der Waals surface area contributed by atoms with Crippen LogP contribution in [-0.2, 0) is 17.9 Å². The summed E-state index contributed by atoms with van der Waals surface area (Å²) >= 11 is 0. The maximum absolute atomic E-state index is 13.6. The lowest BCUT2D eigenvalue weighted by Gasteiger charge is -2.35. The van der Waals surface area contributed by atoms with Gasteiger partial charge in [-0.3, -0.25) is 9.69 Å². The summed E-state index contributed by atoms with van der Waals surface area (Å²) in [6.45, 7) is 9.90. The Balaban J connectivity index is 1.44. The molecule has 2 aromatic rings. The number of hydrogen-bond donors (Lipinski definition) is 0. The summed E-state index contributed by atoms with van der Waals surface area (Å²) in [6, 6.07) is 16.6. The van der Waals surface area contributed by atoms with Gasteiger partial charge in [0.05, 0.1) is 19.1 Å². The number of nitrogens with zero attached hydrogens (tertiary/aromatic N) is 2. The highest BCUT2D eigenvalue weighted by Gasteiger charge is 2.30. The van der Waals surface area contributed by atoms with Crippen molar-refractivity contribution in [2.24, 2.45) is 11.8 Å². The minimum Gasteiger partial charge on any atom is -0.490 e. The van der Waals surface area contributed by atoms with Crippen molar-refractivity contribution in [1.82, 2.24) is 9.80 Å². The summed E-state index contributed by atoms with van der Waals surface area (Å²) in [5.41, 5.74) is 2.41. The van der Waals surface area contributed by atoms with Crippen molar-refractivity contribution in [3.8, 4) is 11.5 Å². The third kappa shape index (κ3) is 6.04. The molecular formula is C27H36N2O3. The Labute approximate surface area is 192 Å². The fourth-order valence-electron chi connectivity index (χ4n) is 4.70. The fraction of sp³-hybridized carbons (Fsp3) is 0.519. The molecule has 1 atom stereocenters. The zero-order valence-corrected chi connectivity index (χ0v) is 19.5. The zero-order chi connectivity index (χ0) is 22.3. The molecule has 172 valence electrons. The number of amides is 1. The molecule has 32 heavy (non-hydrogen) atoms. The Morgan fingerprint density at radius 2 is 1.81 bits per heavy atom. The Kier molecular flexibility index (Phi) is 7.69. The van der Waals surface area contributed by atoms with Gasteiger partial charge >= 0.3 is 0 Å². The summed E-state index contributed by atoms with van der Waals surface area (Å²) in [4.78, 5) is 18.1. The number of ether oxygens (including phenoxy) is 2. The molecule has 0 N–H and O–H groups in total. The molecule has 5 heteroatoms. The molecule has 4 rings (SSSR count). The van der Waals surface area contributed by atoms with E-state index in [1.807, 2.05) is 12.1 Å². The predicted octanol–water partition coefficient (Wildman–Crippen LogP) is 4.74. The first-order chi connectivity index (χ1) is 15.6. The summed E-state index contributed by atoms with van der Waals surface area (Å²) in [6.07, 6.45) is 2.94. The van der Waals surface area contributed by atoms with Gasteiger partial charge in [-0.1, -0.05) is 50.2 Å². The van der Waals surface area contributed by atoms with Crippen molar-refractivity contribution in [2.45, 2.75) is 46.2 Å². The van der Waals surface area contributed by atoms with E-state index in [4.69, 9.17) is 9.47 Å². The first kappa shape index (κ1) is 22.7. The van der Waals surface area contributed by atoms with Crippen LogP contribution in [0, 0.1) is 11.8 Å². The van der Waals surface area contributed by atoms with E-state index in [1.54, 1.807) is 0 Å². The highest BCUT2D eigenvalue weighted by molar-refractivity contribution is 5.79. The van der Waals surface area contributed by atoms with Gasteiger partial charge in [0, 0.05) is 32.6 Å². The van der Waals surface area contributed by atoms with Crippen molar-refractivity contribution >= 4 is 5.91 Å². The van der Waals surface area contributed by atoms with E-state index in [2.05, 4.69) is 60.0 Å². The van der Waals surface area contributed by atoms with Crippen molar-refractivity contribution in [3.05, 3.63) is 59.7 Å². The normalized spacial score (nSPS) is 18.9. The molecule has 0 bridgehead atoms. The third-order valence-electron chi connectivity index (χ3n) is 6.19. The molecule has 2 aromatic carbocycles. The van der Waals surface area contributed by atoms with Gasteiger partial charge in [0.1, 0.15) is 0 Å². The molecule has 2 aliphatic rings. The van der Waals surface area contributed by atoms with Gasteiger partial charge in [0.25, 0.3) is 0 Å². The lowest BCUT2D eigenvalue weighted by Crippen LogP contribution is -2.45. The molecule has 1 fully saturated rings. The van der Waals surface area contributed by atoms with Crippen molar-refractivity contribution < 1.29 is 14.3 Å². The summed E-state index contributed by atoms with van der Waals surface area (Å²) in [5.74, 6) is 2.36. The van der Waals surface area contributed by atoms with Gasteiger partial charge < -0.3 is 14.4 Å². The summed E-state index contributed by atoms with van der Waals surface area (Å²) in [7, 11) is 0. The van der Waals surface area contributed by atoms with Crippen LogP contribution in [0.4, 0.5) is 0 Å². The zero-order valence-electron chi connectivity index (χ0n) is 19.5. The second-order valence-corrected chi connectivity index (χ2v) is 9.50. The highest BCUT2D eigenvalue weighted by Crippen LogP contribution is 2.31. The Hall–Kier alpha value is -2.53. The van der Waals surface area contributed by atoms with Crippen LogP contribution >= 0.6 is 0 Å². The monoisotopic (exact) mass is 436 g/mol. The molecule has 0 aliphatic carbocycles. The third-order valence-corrected chi connectivity index (χ3v) is 6.19. The van der Waals surface area contributed by atoms with E-state index >= 15 is 0 Å². The van der Waals surface area contributed by atoms with Crippen molar-refractivity contribution in [3.63, 3.8) is 0 Å². The number of likely N-dealkylation sites (tertiary alicyclic amines) is 1. The largest absolute Gasteiger partial charge is 0.490 e. The van der Waals surface area contributed by atoms with E-state index in [-0.39, 0.29) is 11.8 Å². The van der Waals surface area contributed by atoms with Gasteiger partial charge in [-0.15, -0.1) is 0 Å². The molecule has 1 amide bonds. The summed E-state index contributed by atoms with van der Waals surface area (Å²) < 4.78 is 11.6. The van der Waals surface area contributed by atoms with E-state index in [1.165, 1.54) is 5.56 Å². The van der Waals surface area contributed by atoms with Gasteiger partial charge in [0.2, 0.25) is 5.91 Å². The van der Waals surface area contributed by atoms with Crippen molar-refractivity contribution in [2.75, 3.05) is 32.8 Å². The van der Waals surface area contributed by atoms with E-state index in [0.29, 0.717) is 25.7 Å². The average molecular weight is 437 g/mol. The Bertz CT molecular complexity index is 884. The van der Waals surface area contributed by atoms with Crippen LogP contribution in [0.15, 0.2) is 48.5 Å². The second-order valence-electron chi connectivity index (χ2n) is 9.50. The quantitative estimate of drug-likeness (QED) is 0.628. The molecule has 1 unspecified atom stereocenters. The van der Waals surface area contributed by atoms with E-state index in [0.717, 1.165) is 62.5 Å². The van der Waals surface area contributed by atoms with Crippen LogP contribution in [0.2, 0.25) is 0 Å². The van der Waals surface area contributed by atoms with Crippen LogP contribution in [-0.4, -0.2) is 48.6 Å². The van der Waals surface area contributed by atoms with Crippen LogP contribution in [0.3, 0.4) is 0 Å². The van der Waals surface area contributed by atoms with Crippen molar-refractivity contribution in [1.29, 1.82) is 0 Å². The molecule has 0 aromatic heterocycles. The molecule has 0 radical (unpaired) electrons. The van der Waals surface area contributed by atoms with Crippen LogP contribution < -0.4 is 9.47 Å². The lowest BCUT2D eigenvalue weighted by molar-refractivity contribution is -0.138. The van der Waals surface area contributed by atoms with Gasteiger partial charge in [-0.2, -0.15) is 0 Å². The molecule has 0 spiro atoms. The van der Waals surface area contributed by atoms with Gasteiger partial charge in [-0.05, 0) is 48.6 Å². The Morgan fingerprint density at radius 1 is 1.03 bits per heavy atom. The first-order valence-electron chi connectivity index (χ1n) is 12.0. The molecule has 2 aliphatic heterocycles. The molecule has 0 saturated carbocycles. The molecule has 2 heterocycles. The second kappa shape index (κ2) is 10.9. The maximum Gasteiger partial charge on any atom is 0.227 e. The SMILES string of the molecule is CC(C)CN(Cc1ccc2c(c1)OCCCO2)C(=O)C1CCCN(Cc2ccccc2)C1. The van der Waals surface area contributed by atoms with E-state index < -0.39 is 0 Å². The van der Waals surface area contributed by atoms with Gasteiger partial charge in [-0.25, -0.2) is 0 Å². The number of benzene rings is 2. The Morgan fingerprint density at radius 3 is 2.59 bits per heavy atom. The minimum atomic E-state index is 0.0617. The highest BCUT2D eigenvalue weighted by atomic mass is 16.5. The van der Waals surface area contributed by atoms with Gasteiger partial charge in [0.15, 0.2) is 11.5 Å². The molecular weight excluding hydrogens is 400 g/mol. The van der Waals surface area contributed by atoms with E-state index in [9.17, 15) is 4.79 Å². The number of hydrogen-bond acceptors (Lipinski definition) is 4. The smallest absolute Gasteiger partial charge is 0.227 e. The topological polar surface area (TPSA) is 42.0 Å². The predicted molar refractivity (Wildman–Crippen MR) is 127 cm³/mol.